The first-order valence-corrected chi connectivity index (χ1v) is 6.49. The van der Waals surface area contributed by atoms with E-state index in [2.05, 4.69) is 26.0 Å². The molecule has 0 aliphatic rings. The molecular weight excluding hydrogens is 200 g/mol. The number of allylic oxidation sites excluding steroid dienone is 2. The molecule has 16 heavy (non-hydrogen) atoms. The van der Waals surface area contributed by atoms with Gasteiger partial charge in [-0.15, -0.1) is 0 Å². The Kier molecular flexibility index (Phi) is 18.3. The lowest BCUT2D eigenvalue weighted by atomic mass is 10.1. The molecule has 0 aliphatic heterocycles. The van der Waals surface area contributed by atoms with Crippen molar-refractivity contribution < 1.29 is 9.90 Å². The Morgan fingerprint density at radius 3 is 2.00 bits per heavy atom. The normalized spacial score (nSPS) is 9.94. The SMILES string of the molecule is CC(=O)O.CC/C=C/CCCCCCCC. The van der Waals surface area contributed by atoms with Gasteiger partial charge in [-0.2, -0.15) is 0 Å². The van der Waals surface area contributed by atoms with E-state index in [0.29, 0.717) is 0 Å². The lowest BCUT2D eigenvalue weighted by Gasteiger charge is -1.97. The summed E-state index contributed by atoms with van der Waals surface area (Å²) in [6.45, 7) is 5.54. The first-order chi connectivity index (χ1) is 7.65. The Balaban J connectivity index is 0. The summed E-state index contributed by atoms with van der Waals surface area (Å²) in [6.07, 6.45) is 15.5. The number of unbranched alkanes of at least 4 members (excludes halogenated alkanes) is 6. The van der Waals surface area contributed by atoms with Crippen molar-refractivity contribution in [2.45, 2.75) is 72.1 Å². The van der Waals surface area contributed by atoms with Gasteiger partial charge in [0.25, 0.3) is 5.97 Å². The highest BCUT2D eigenvalue weighted by atomic mass is 16.4. The van der Waals surface area contributed by atoms with E-state index in [0.717, 1.165) is 6.92 Å². The molecule has 2 heteroatoms. The van der Waals surface area contributed by atoms with Crippen molar-refractivity contribution in [1.82, 2.24) is 0 Å². The van der Waals surface area contributed by atoms with Crippen molar-refractivity contribution in [3.63, 3.8) is 0 Å². The second-order valence-electron chi connectivity index (χ2n) is 3.96. The lowest BCUT2D eigenvalue weighted by molar-refractivity contribution is -0.134. The summed E-state index contributed by atoms with van der Waals surface area (Å²) in [5, 5.41) is 7.42. The minimum atomic E-state index is -0.833. The van der Waals surface area contributed by atoms with Crippen LogP contribution in [0.5, 0.6) is 0 Å². The molecule has 0 amide bonds. The Labute approximate surface area is 101 Å². The molecular formula is C14H28O2. The third-order valence-corrected chi connectivity index (χ3v) is 2.13. The van der Waals surface area contributed by atoms with Crippen molar-refractivity contribution in [1.29, 1.82) is 0 Å². The fourth-order valence-electron chi connectivity index (χ4n) is 1.33. The molecule has 0 aromatic rings. The predicted octanol–water partition coefficient (Wildman–Crippen LogP) is 4.79. The molecule has 1 N–H and O–H groups in total. The standard InChI is InChI=1S/C12H24.C2H4O2/c1-3-5-7-9-11-12-10-8-6-4-2;1-2(3)4/h5,7H,3-4,6,8-12H2,1-2H3;1H3,(H,3,4)/b7-5+;. The van der Waals surface area contributed by atoms with Gasteiger partial charge in [-0.05, 0) is 19.3 Å². The van der Waals surface area contributed by atoms with Crippen LogP contribution in [0.1, 0.15) is 72.1 Å². The Hall–Kier alpha value is -0.790. The average Bonchev–Trinajstić information content (AvgIpc) is 2.21. The monoisotopic (exact) mass is 228 g/mol. The zero-order chi connectivity index (χ0) is 12.6. The van der Waals surface area contributed by atoms with Crippen LogP contribution in [-0.2, 0) is 4.79 Å². The molecule has 0 atom stereocenters. The molecule has 0 heterocycles. The van der Waals surface area contributed by atoms with Gasteiger partial charge in [-0.25, -0.2) is 0 Å². The molecule has 96 valence electrons. The van der Waals surface area contributed by atoms with Gasteiger partial charge in [0.1, 0.15) is 0 Å². The number of carboxylic acids is 1. The van der Waals surface area contributed by atoms with Crippen molar-refractivity contribution in [2.75, 3.05) is 0 Å². The highest BCUT2D eigenvalue weighted by Gasteiger charge is 1.87. The van der Waals surface area contributed by atoms with Gasteiger partial charge in [-0.1, -0.05) is 58.1 Å². The first-order valence-electron chi connectivity index (χ1n) is 6.49. The van der Waals surface area contributed by atoms with Gasteiger partial charge in [0.05, 0.1) is 0 Å². The number of carboxylic acid groups (broad SMARTS) is 1. The molecule has 0 rings (SSSR count). The summed E-state index contributed by atoms with van der Waals surface area (Å²) in [7, 11) is 0. The summed E-state index contributed by atoms with van der Waals surface area (Å²) < 4.78 is 0. The van der Waals surface area contributed by atoms with E-state index >= 15 is 0 Å². The van der Waals surface area contributed by atoms with Crippen LogP contribution in [0, 0.1) is 0 Å². The number of carbonyl (C=O) groups is 1. The van der Waals surface area contributed by atoms with Crippen LogP contribution in [0.25, 0.3) is 0 Å². The Morgan fingerprint density at radius 1 is 1.00 bits per heavy atom. The fraction of sp³-hybridized carbons (Fsp3) is 0.786. The molecule has 0 bridgehead atoms. The molecule has 0 saturated heterocycles. The Morgan fingerprint density at radius 2 is 1.50 bits per heavy atom. The van der Waals surface area contributed by atoms with Gasteiger partial charge < -0.3 is 5.11 Å². The molecule has 0 saturated carbocycles. The zero-order valence-corrected chi connectivity index (χ0v) is 11.2. The second-order valence-corrected chi connectivity index (χ2v) is 3.96. The van der Waals surface area contributed by atoms with Crippen molar-refractivity contribution in [2.24, 2.45) is 0 Å². The maximum Gasteiger partial charge on any atom is 0.300 e. The number of hydrogen-bond donors (Lipinski definition) is 1. The quantitative estimate of drug-likeness (QED) is 0.479. The molecule has 0 spiro atoms. The third-order valence-electron chi connectivity index (χ3n) is 2.13. The summed E-state index contributed by atoms with van der Waals surface area (Å²) >= 11 is 0. The van der Waals surface area contributed by atoms with Crippen molar-refractivity contribution in [3.05, 3.63) is 12.2 Å². The fourth-order valence-corrected chi connectivity index (χ4v) is 1.33. The van der Waals surface area contributed by atoms with Gasteiger partial charge >= 0.3 is 0 Å². The van der Waals surface area contributed by atoms with Crippen LogP contribution in [-0.4, -0.2) is 11.1 Å². The summed E-state index contributed by atoms with van der Waals surface area (Å²) in [5.41, 5.74) is 0. The molecule has 0 aliphatic carbocycles. The largest absolute Gasteiger partial charge is 0.481 e. The van der Waals surface area contributed by atoms with E-state index in [4.69, 9.17) is 9.90 Å². The zero-order valence-electron chi connectivity index (χ0n) is 11.2. The van der Waals surface area contributed by atoms with E-state index in [-0.39, 0.29) is 0 Å². The smallest absolute Gasteiger partial charge is 0.300 e. The van der Waals surface area contributed by atoms with Crippen LogP contribution in [0.3, 0.4) is 0 Å². The van der Waals surface area contributed by atoms with Crippen molar-refractivity contribution >= 4 is 5.97 Å². The molecule has 0 radical (unpaired) electrons. The van der Waals surface area contributed by atoms with Crippen LogP contribution in [0.2, 0.25) is 0 Å². The lowest BCUT2D eigenvalue weighted by Crippen LogP contribution is -1.78. The summed E-state index contributed by atoms with van der Waals surface area (Å²) in [5.74, 6) is -0.833. The molecule has 0 aromatic carbocycles. The minimum absolute atomic E-state index is 0.833. The maximum absolute atomic E-state index is 9.00. The van der Waals surface area contributed by atoms with E-state index in [1.165, 1.54) is 51.4 Å². The molecule has 2 nitrogen and oxygen atoms in total. The van der Waals surface area contributed by atoms with Crippen LogP contribution >= 0.6 is 0 Å². The van der Waals surface area contributed by atoms with Crippen molar-refractivity contribution in [3.8, 4) is 0 Å². The van der Waals surface area contributed by atoms with Gasteiger partial charge in [0, 0.05) is 6.92 Å². The van der Waals surface area contributed by atoms with E-state index in [1.807, 2.05) is 0 Å². The average molecular weight is 228 g/mol. The molecule has 0 aromatic heterocycles. The topological polar surface area (TPSA) is 37.3 Å². The highest BCUT2D eigenvalue weighted by Crippen LogP contribution is 2.07. The predicted molar refractivity (Wildman–Crippen MR) is 70.7 cm³/mol. The molecule has 0 unspecified atom stereocenters. The number of hydrogen-bond acceptors (Lipinski definition) is 1. The molecule has 0 fully saturated rings. The Bertz CT molecular complexity index is 158. The van der Waals surface area contributed by atoms with E-state index < -0.39 is 5.97 Å². The van der Waals surface area contributed by atoms with E-state index in [9.17, 15) is 0 Å². The highest BCUT2D eigenvalue weighted by molar-refractivity contribution is 5.62. The van der Waals surface area contributed by atoms with Gasteiger partial charge in [-0.3, -0.25) is 4.79 Å². The van der Waals surface area contributed by atoms with E-state index in [1.54, 1.807) is 0 Å². The summed E-state index contributed by atoms with van der Waals surface area (Å²) in [6, 6.07) is 0. The third kappa shape index (κ3) is 29.2. The number of rotatable bonds is 8. The van der Waals surface area contributed by atoms with Crippen LogP contribution < -0.4 is 0 Å². The summed E-state index contributed by atoms with van der Waals surface area (Å²) in [4.78, 5) is 9.00. The maximum atomic E-state index is 9.00. The minimum Gasteiger partial charge on any atom is -0.481 e. The van der Waals surface area contributed by atoms with Crippen LogP contribution in [0.4, 0.5) is 0 Å². The van der Waals surface area contributed by atoms with Gasteiger partial charge in [0.15, 0.2) is 0 Å². The number of aliphatic carboxylic acids is 1. The van der Waals surface area contributed by atoms with Crippen LogP contribution in [0.15, 0.2) is 12.2 Å². The van der Waals surface area contributed by atoms with Gasteiger partial charge in [0.2, 0.25) is 0 Å². The second kappa shape index (κ2) is 16.6. The first kappa shape index (κ1) is 17.6.